The van der Waals surface area contributed by atoms with E-state index in [-0.39, 0.29) is 27.0 Å². The summed E-state index contributed by atoms with van der Waals surface area (Å²) in [5.74, 6) is -2.14. The Bertz CT molecular complexity index is 1460. The second kappa shape index (κ2) is 10.7. The summed E-state index contributed by atoms with van der Waals surface area (Å²) in [5, 5.41) is 14.3. The maximum atomic E-state index is 13.3. The molecule has 3 N–H and O–H groups in total. The lowest BCUT2D eigenvalue weighted by atomic mass is 10.1. The van der Waals surface area contributed by atoms with Gasteiger partial charge in [-0.25, -0.2) is 9.97 Å². The van der Waals surface area contributed by atoms with Crippen molar-refractivity contribution < 1.29 is 27.9 Å². The first-order valence-corrected chi connectivity index (χ1v) is 11.8. The van der Waals surface area contributed by atoms with Crippen molar-refractivity contribution >= 4 is 51.4 Å². The Morgan fingerprint density at radius 2 is 1.73 bits per heavy atom. The van der Waals surface area contributed by atoms with Gasteiger partial charge in [-0.15, -0.1) is 0 Å². The fraction of sp³-hybridized carbons (Fsp3) is 0.0870. The molecule has 3 heterocycles. The zero-order chi connectivity index (χ0) is 26.7. The van der Waals surface area contributed by atoms with Crippen molar-refractivity contribution in [1.82, 2.24) is 20.3 Å². The van der Waals surface area contributed by atoms with Crippen LogP contribution < -0.4 is 10.6 Å². The summed E-state index contributed by atoms with van der Waals surface area (Å²) in [6, 6.07) is 9.18. The van der Waals surface area contributed by atoms with Crippen molar-refractivity contribution in [2.75, 3.05) is 5.32 Å². The van der Waals surface area contributed by atoms with Gasteiger partial charge in [0.15, 0.2) is 16.6 Å². The van der Waals surface area contributed by atoms with Crippen molar-refractivity contribution in [2.24, 2.45) is 0 Å². The Hall–Kier alpha value is -3.74. The predicted octanol–water partition coefficient (Wildman–Crippen LogP) is 5.81. The van der Waals surface area contributed by atoms with Gasteiger partial charge in [-0.2, -0.15) is 13.2 Å². The van der Waals surface area contributed by atoms with E-state index in [0.717, 1.165) is 23.5 Å². The number of carbonyl (C=O) groups excluding carboxylic acids is 2. The summed E-state index contributed by atoms with van der Waals surface area (Å²) in [7, 11) is 0. The van der Waals surface area contributed by atoms with Crippen LogP contribution in [0.4, 0.5) is 18.2 Å². The number of nitrogens with one attached hydrogen (secondary N) is 2. The van der Waals surface area contributed by atoms with Crippen LogP contribution in [0.1, 0.15) is 32.1 Å². The molecule has 190 valence electrons. The number of hydrogen-bond acceptors (Lipinski definition) is 7. The van der Waals surface area contributed by atoms with E-state index in [1.54, 1.807) is 12.1 Å². The second-order valence-corrected chi connectivity index (χ2v) is 9.12. The average Bonchev–Trinajstić information content (AvgIpc) is 3.29. The third-order valence-electron chi connectivity index (χ3n) is 4.90. The zero-order valence-electron chi connectivity index (χ0n) is 18.3. The van der Waals surface area contributed by atoms with Crippen LogP contribution in [0.3, 0.4) is 0 Å². The minimum absolute atomic E-state index is 0.000499. The number of alkyl halides is 3. The number of halogens is 5. The first-order chi connectivity index (χ1) is 17.5. The third kappa shape index (κ3) is 5.98. The Kier molecular flexibility index (Phi) is 7.62. The quantitative estimate of drug-likeness (QED) is 0.253. The molecular weight excluding hydrogens is 554 g/mol. The van der Waals surface area contributed by atoms with E-state index in [4.69, 9.17) is 23.2 Å². The molecule has 0 aliphatic rings. The van der Waals surface area contributed by atoms with Crippen LogP contribution in [-0.4, -0.2) is 31.9 Å². The van der Waals surface area contributed by atoms with Crippen LogP contribution in [0.5, 0.6) is 5.75 Å². The van der Waals surface area contributed by atoms with Gasteiger partial charge in [0, 0.05) is 24.5 Å². The number of aromatic nitrogens is 3. The smallest absolute Gasteiger partial charge is 0.416 e. The molecule has 0 saturated heterocycles. The average molecular weight is 568 g/mol. The molecule has 3 aromatic heterocycles. The molecule has 0 spiro atoms. The molecule has 0 fully saturated rings. The fourth-order valence-electron chi connectivity index (χ4n) is 3.15. The monoisotopic (exact) mass is 567 g/mol. The van der Waals surface area contributed by atoms with E-state index in [2.05, 4.69) is 25.6 Å². The van der Waals surface area contributed by atoms with Crippen molar-refractivity contribution in [1.29, 1.82) is 0 Å². The maximum Gasteiger partial charge on any atom is 0.416 e. The standard InChI is InChI=1S/C23H14Cl2F3N5O3S/c24-14-9-15(31-18(25)17(14)34)19(35)33-22-16(32-21(37-22)11-5-7-29-8-6-11)20(36)30-10-12-3-1-2-4-13(12)23(26,27)28/h1-9,34H,10H2,(H,30,36)(H,33,35). The van der Waals surface area contributed by atoms with E-state index in [1.807, 2.05) is 0 Å². The number of anilines is 1. The number of nitrogens with zero attached hydrogens (tertiary/aromatic N) is 3. The highest BCUT2D eigenvalue weighted by Gasteiger charge is 2.33. The van der Waals surface area contributed by atoms with E-state index >= 15 is 0 Å². The lowest BCUT2D eigenvalue weighted by Gasteiger charge is -2.13. The van der Waals surface area contributed by atoms with E-state index in [0.29, 0.717) is 10.6 Å². The molecule has 0 aliphatic heterocycles. The van der Waals surface area contributed by atoms with Crippen LogP contribution in [0.25, 0.3) is 10.6 Å². The molecular formula is C23H14Cl2F3N5O3S. The maximum absolute atomic E-state index is 13.3. The summed E-state index contributed by atoms with van der Waals surface area (Å²) < 4.78 is 40.0. The Morgan fingerprint density at radius 1 is 1.03 bits per heavy atom. The van der Waals surface area contributed by atoms with Gasteiger partial charge in [0.2, 0.25) is 0 Å². The van der Waals surface area contributed by atoms with Crippen molar-refractivity contribution in [3.8, 4) is 16.3 Å². The summed E-state index contributed by atoms with van der Waals surface area (Å²) in [6.07, 6.45) is -1.59. The molecule has 4 aromatic rings. The van der Waals surface area contributed by atoms with E-state index in [1.165, 1.54) is 30.6 Å². The van der Waals surface area contributed by atoms with Crippen molar-refractivity contribution in [3.63, 3.8) is 0 Å². The molecule has 0 unspecified atom stereocenters. The number of benzene rings is 1. The molecule has 8 nitrogen and oxygen atoms in total. The summed E-state index contributed by atoms with van der Waals surface area (Å²) in [4.78, 5) is 37.8. The van der Waals surface area contributed by atoms with E-state index < -0.39 is 41.0 Å². The predicted molar refractivity (Wildman–Crippen MR) is 132 cm³/mol. The number of hydrogen-bond donors (Lipinski definition) is 3. The first kappa shape index (κ1) is 26.3. The molecule has 2 amide bonds. The topological polar surface area (TPSA) is 117 Å². The normalized spacial score (nSPS) is 11.3. The number of rotatable bonds is 6. The molecule has 0 saturated carbocycles. The number of amides is 2. The lowest BCUT2D eigenvalue weighted by Crippen LogP contribution is -2.26. The highest BCUT2D eigenvalue weighted by molar-refractivity contribution is 7.19. The zero-order valence-corrected chi connectivity index (χ0v) is 20.6. The van der Waals surface area contributed by atoms with Crippen molar-refractivity contribution in [2.45, 2.75) is 12.7 Å². The van der Waals surface area contributed by atoms with Gasteiger partial charge >= 0.3 is 6.18 Å². The SMILES string of the molecule is O=C(Nc1sc(-c2ccncc2)nc1C(=O)NCc1ccccc1C(F)(F)F)c1cc(Cl)c(O)c(Cl)n1. The highest BCUT2D eigenvalue weighted by Crippen LogP contribution is 2.35. The van der Waals surface area contributed by atoms with Gasteiger partial charge in [0.05, 0.1) is 10.6 Å². The summed E-state index contributed by atoms with van der Waals surface area (Å²) in [6.45, 7) is -0.436. The molecule has 1 aromatic carbocycles. The summed E-state index contributed by atoms with van der Waals surface area (Å²) in [5.41, 5.74) is -0.920. The van der Waals surface area contributed by atoms with Gasteiger partial charge < -0.3 is 15.7 Å². The first-order valence-electron chi connectivity index (χ1n) is 10.3. The van der Waals surface area contributed by atoms with Gasteiger partial charge in [0.1, 0.15) is 15.7 Å². The van der Waals surface area contributed by atoms with Crippen LogP contribution >= 0.6 is 34.5 Å². The minimum atomic E-state index is -4.60. The highest BCUT2D eigenvalue weighted by atomic mass is 35.5. The second-order valence-electron chi connectivity index (χ2n) is 7.35. The molecule has 0 atom stereocenters. The molecule has 4 rings (SSSR count). The van der Waals surface area contributed by atoms with Crippen LogP contribution in [-0.2, 0) is 12.7 Å². The van der Waals surface area contributed by atoms with Crippen LogP contribution in [0.2, 0.25) is 10.2 Å². The molecule has 14 heteroatoms. The lowest BCUT2D eigenvalue weighted by molar-refractivity contribution is -0.138. The number of pyridine rings is 2. The Morgan fingerprint density at radius 3 is 2.41 bits per heavy atom. The van der Waals surface area contributed by atoms with E-state index in [9.17, 15) is 27.9 Å². The molecule has 37 heavy (non-hydrogen) atoms. The van der Waals surface area contributed by atoms with Gasteiger partial charge in [-0.3, -0.25) is 14.6 Å². The fourth-order valence-corrected chi connectivity index (χ4v) is 4.55. The largest absolute Gasteiger partial charge is 0.504 e. The number of thiazole rings is 1. The van der Waals surface area contributed by atoms with Gasteiger partial charge in [-0.1, -0.05) is 52.7 Å². The third-order valence-corrected chi connectivity index (χ3v) is 6.47. The van der Waals surface area contributed by atoms with Crippen LogP contribution in [0.15, 0.2) is 54.9 Å². The Balaban J connectivity index is 1.64. The van der Waals surface area contributed by atoms with Crippen LogP contribution in [0, 0.1) is 0 Å². The van der Waals surface area contributed by atoms with Gasteiger partial charge in [0.25, 0.3) is 11.8 Å². The van der Waals surface area contributed by atoms with Crippen molar-refractivity contribution in [3.05, 3.63) is 87.5 Å². The summed E-state index contributed by atoms with van der Waals surface area (Å²) >= 11 is 12.6. The molecule has 0 radical (unpaired) electrons. The van der Waals surface area contributed by atoms with Gasteiger partial charge in [-0.05, 0) is 29.8 Å². The Labute approximate surface area is 221 Å². The number of carbonyl (C=O) groups is 2. The molecule has 0 bridgehead atoms. The number of aromatic hydroxyl groups is 1. The molecule has 0 aliphatic carbocycles. The minimum Gasteiger partial charge on any atom is -0.504 e.